The van der Waals surface area contributed by atoms with E-state index in [0.29, 0.717) is 10.0 Å². The molecule has 98 valence electrons. The lowest BCUT2D eigenvalue weighted by Gasteiger charge is -2.12. The summed E-state index contributed by atoms with van der Waals surface area (Å²) in [7, 11) is 0. The van der Waals surface area contributed by atoms with Crippen LogP contribution < -0.4 is 11.1 Å². The Kier molecular flexibility index (Phi) is 4.40. The number of aryl methyl sites for hydroxylation is 1. The number of rotatable bonds is 4. The predicted molar refractivity (Wildman–Crippen MR) is 86.4 cm³/mol. The van der Waals surface area contributed by atoms with E-state index in [0.717, 1.165) is 23.4 Å². The van der Waals surface area contributed by atoms with Gasteiger partial charge >= 0.3 is 0 Å². The van der Waals surface area contributed by atoms with Crippen LogP contribution in [0.15, 0.2) is 42.5 Å². The van der Waals surface area contributed by atoms with Gasteiger partial charge in [0.1, 0.15) is 4.99 Å². The molecule has 0 atom stereocenters. The van der Waals surface area contributed by atoms with Crippen LogP contribution in [0.2, 0.25) is 5.02 Å². The lowest BCUT2D eigenvalue weighted by Crippen LogP contribution is -2.11. The molecule has 0 saturated carbocycles. The Bertz CT molecular complexity index is 611. The summed E-state index contributed by atoms with van der Waals surface area (Å²) >= 11 is 11.1. The van der Waals surface area contributed by atoms with E-state index >= 15 is 0 Å². The van der Waals surface area contributed by atoms with E-state index in [1.165, 1.54) is 5.56 Å². The van der Waals surface area contributed by atoms with Gasteiger partial charge in [-0.25, -0.2) is 0 Å². The van der Waals surface area contributed by atoms with Crippen molar-refractivity contribution in [2.24, 2.45) is 5.73 Å². The minimum atomic E-state index is 0.353. The van der Waals surface area contributed by atoms with E-state index in [2.05, 4.69) is 24.4 Å². The van der Waals surface area contributed by atoms with E-state index in [1.54, 1.807) is 6.07 Å². The van der Waals surface area contributed by atoms with E-state index < -0.39 is 0 Å². The molecule has 2 rings (SSSR count). The van der Waals surface area contributed by atoms with E-state index in [4.69, 9.17) is 29.6 Å². The number of anilines is 2. The molecule has 0 radical (unpaired) electrons. The summed E-state index contributed by atoms with van der Waals surface area (Å²) in [4.78, 5) is 0.353. The molecule has 0 aliphatic heterocycles. The summed E-state index contributed by atoms with van der Waals surface area (Å²) in [6, 6.07) is 13.7. The largest absolute Gasteiger partial charge is 0.389 e. The van der Waals surface area contributed by atoms with Crippen LogP contribution in [-0.4, -0.2) is 4.99 Å². The number of halogens is 1. The van der Waals surface area contributed by atoms with Gasteiger partial charge in [0.15, 0.2) is 0 Å². The molecule has 0 heterocycles. The molecule has 0 unspecified atom stereocenters. The Morgan fingerprint density at radius 2 is 2.05 bits per heavy atom. The number of nitrogens with one attached hydrogen (secondary N) is 1. The van der Waals surface area contributed by atoms with E-state index in [1.807, 2.05) is 24.3 Å². The minimum Gasteiger partial charge on any atom is -0.389 e. The standard InChI is InChI=1S/C15H15ClN2S/c1-2-10-4-3-5-12(8-10)18-14-9-11(16)6-7-13(14)15(17)19/h3-9,18H,2H2,1H3,(H2,17,19). The second-order valence-electron chi connectivity index (χ2n) is 4.23. The number of thiocarbonyl (C=S) groups is 1. The zero-order valence-corrected chi connectivity index (χ0v) is 12.2. The van der Waals surface area contributed by atoms with Gasteiger partial charge in [0.25, 0.3) is 0 Å². The van der Waals surface area contributed by atoms with Gasteiger partial charge in [0.2, 0.25) is 0 Å². The van der Waals surface area contributed by atoms with Gasteiger partial charge in [-0.05, 0) is 42.3 Å². The summed E-state index contributed by atoms with van der Waals surface area (Å²) in [5.41, 5.74) is 9.61. The Labute approximate surface area is 123 Å². The average molecular weight is 291 g/mol. The summed E-state index contributed by atoms with van der Waals surface area (Å²) in [6.45, 7) is 2.12. The van der Waals surface area contributed by atoms with Gasteiger partial charge in [-0.2, -0.15) is 0 Å². The normalized spacial score (nSPS) is 10.2. The van der Waals surface area contributed by atoms with Gasteiger partial charge in [-0.15, -0.1) is 0 Å². The van der Waals surface area contributed by atoms with Gasteiger partial charge in [-0.1, -0.05) is 42.9 Å². The summed E-state index contributed by atoms with van der Waals surface area (Å²) in [6.07, 6.45) is 0.993. The van der Waals surface area contributed by atoms with Gasteiger partial charge in [0.05, 0.1) is 5.69 Å². The van der Waals surface area contributed by atoms with Crippen molar-refractivity contribution in [2.75, 3.05) is 5.32 Å². The second-order valence-corrected chi connectivity index (χ2v) is 5.11. The third kappa shape index (κ3) is 3.46. The minimum absolute atomic E-state index is 0.353. The molecular weight excluding hydrogens is 276 g/mol. The average Bonchev–Trinajstić information content (AvgIpc) is 2.38. The smallest absolute Gasteiger partial charge is 0.106 e. The van der Waals surface area contributed by atoms with Crippen LogP contribution in [0.3, 0.4) is 0 Å². The first-order chi connectivity index (χ1) is 9.10. The van der Waals surface area contributed by atoms with Crippen LogP contribution in [0.25, 0.3) is 0 Å². The fourth-order valence-corrected chi connectivity index (χ4v) is 2.21. The topological polar surface area (TPSA) is 38.0 Å². The third-order valence-corrected chi connectivity index (χ3v) is 3.32. The molecule has 2 aromatic rings. The van der Waals surface area contributed by atoms with Crippen molar-refractivity contribution >= 4 is 40.2 Å². The van der Waals surface area contributed by atoms with Crippen LogP contribution in [0.5, 0.6) is 0 Å². The molecule has 0 bridgehead atoms. The Balaban J connectivity index is 2.36. The van der Waals surface area contributed by atoms with Gasteiger partial charge < -0.3 is 11.1 Å². The van der Waals surface area contributed by atoms with Crippen molar-refractivity contribution in [1.82, 2.24) is 0 Å². The molecule has 0 saturated heterocycles. The monoisotopic (exact) mass is 290 g/mol. The highest BCUT2D eigenvalue weighted by molar-refractivity contribution is 7.80. The van der Waals surface area contributed by atoms with Crippen molar-refractivity contribution in [1.29, 1.82) is 0 Å². The fraction of sp³-hybridized carbons (Fsp3) is 0.133. The van der Waals surface area contributed by atoms with E-state index in [-0.39, 0.29) is 0 Å². The van der Waals surface area contributed by atoms with Crippen LogP contribution >= 0.6 is 23.8 Å². The van der Waals surface area contributed by atoms with Crippen molar-refractivity contribution in [3.8, 4) is 0 Å². The van der Waals surface area contributed by atoms with Crippen molar-refractivity contribution in [3.63, 3.8) is 0 Å². The van der Waals surface area contributed by atoms with E-state index in [9.17, 15) is 0 Å². The molecule has 0 amide bonds. The first kappa shape index (κ1) is 13.8. The maximum absolute atomic E-state index is 6.02. The molecule has 0 spiro atoms. The van der Waals surface area contributed by atoms with Crippen molar-refractivity contribution in [3.05, 3.63) is 58.6 Å². The van der Waals surface area contributed by atoms with Crippen molar-refractivity contribution in [2.45, 2.75) is 13.3 Å². The zero-order chi connectivity index (χ0) is 13.8. The number of hydrogen-bond donors (Lipinski definition) is 2. The lowest BCUT2D eigenvalue weighted by molar-refractivity contribution is 1.14. The van der Waals surface area contributed by atoms with Gasteiger partial charge in [0, 0.05) is 16.3 Å². The zero-order valence-electron chi connectivity index (χ0n) is 10.6. The summed E-state index contributed by atoms with van der Waals surface area (Å²) < 4.78 is 0. The first-order valence-electron chi connectivity index (χ1n) is 6.05. The molecular formula is C15H15ClN2S. The lowest BCUT2D eigenvalue weighted by atomic mass is 10.1. The van der Waals surface area contributed by atoms with Gasteiger partial charge in [-0.3, -0.25) is 0 Å². The Morgan fingerprint density at radius 3 is 2.74 bits per heavy atom. The summed E-state index contributed by atoms with van der Waals surface area (Å²) in [5.74, 6) is 0. The molecule has 0 aliphatic rings. The number of hydrogen-bond acceptors (Lipinski definition) is 2. The predicted octanol–water partition coefficient (Wildman–Crippen LogP) is 4.28. The molecule has 2 nitrogen and oxygen atoms in total. The molecule has 4 heteroatoms. The first-order valence-corrected chi connectivity index (χ1v) is 6.84. The van der Waals surface area contributed by atoms with Crippen LogP contribution in [0.1, 0.15) is 18.1 Å². The SMILES string of the molecule is CCc1cccc(Nc2cc(Cl)ccc2C(N)=S)c1. The number of nitrogens with two attached hydrogens (primary N) is 1. The third-order valence-electron chi connectivity index (χ3n) is 2.86. The maximum atomic E-state index is 6.02. The quantitative estimate of drug-likeness (QED) is 0.826. The molecule has 3 N–H and O–H groups in total. The highest BCUT2D eigenvalue weighted by atomic mass is 35.5. The van der Waals surface area contributed by atoms with Crippen LogP contribution in [-0.2, 0) is 6.42 Å². The molecule has 19 heavy (non-hydrogen) atoms. The Morgan fingerprint density at radius 1 is 1.26 bits per heavy atom. The fourth-order valence-electron chi connectivity index (χ4n) is 1.86. The second kappa shape index (κ2) is 6.04. The molecule has 0 aliphatic carbocycles. The van der Waals surface area contributed by atoms with Crippen molar-refractivity contribution < 1.29 is 0 Å². The number of benzene rings is 2. The summed E-state index contributed by atoms with van der Waals surface area (Å²) in [5, 5.41) is 3.96. The molecule has 2 aromatic carbocycles. The Hall–Kier alpha value is -1.58. The highest BCUT2D eigenvalue weighted by Gasteiger charge is 2.06. The highest BCUT2D eigenvalue weighted by Crippen LogP contribution is 2.25. The maximum Gasteiger partial charge on any atom is 0.106 e. The molecule has 0 aromatic heterocycles. The molecule has 0 fully saturated rings. The van der Waals surface area contributed by atoms with Crippen LogP contribution in [0.4, 0.5) is 11.4 Å². The van der Waals surface area contributed by atoms with Crippen LogP contribution in [0, 0.1) is 0 Å².